The van der Waals surface area contributed by atoms with Crippen LogP contribution in [0.4, 0.5) is 0 Å². The van der Waals surface area contributed by atoms with Gasteiger partial charge in [0.2, 0.25) is 0 Å². The molecule has 1 N–H and O–H groups in total. The van der Waals surface area contributed by atoms with Crippen LogP contribution in [0.2, 0.25) is 0 Å². The second-order valence-corrected chi connectivity index (χ2v) is 3.81. The van der Waals surface area contributed by atoms with Crippen LogP contribution in [0.5, 0.6) is 0 Å². The first kappa shape index (κ1) is 8.57. The molecule has 2 nitrogen and oxygen atoms in total. The van der Waals surface area contributed by atoms with Gasteiger partial charge < -0.3 is 5.11 Å². The van der Waals surface area contributed by atoms with Crippen molar-refractivity contribution < 1.29 is 9.90 Å². The van der Waals surface area contributed by atoms with Gasteiger partial charge in [0.25, 0.3) is 0 Å². The number of hydrogen-bond acceptors (Lipinski definition) is 1. The first-order valence-electron chi connectivity index (χ1n) is 4.11. The Labute approximate surface area is 67.6 Å². The second kappa shape index (κ2) is 2.84. The minimum absolute atomic E-state index is 0.464. The summed E-state index contributed by atoms with van der Waals surface area (Å²) in [6, 6.07) is 0. The summed E-state index contributed by atoms with van der Waals surface area (Å²) >= 11 is 0. The molecule has 0 amide bonds. The van der Waals surface area contributed by atoms with Crippen molar-refractivity contribution in [3.8, 4) is 0 Å². The van der Waals surface area contributed by atoms with Crippen LogP contribution in [0.3, 0.4) is 0 Å². The number of hydrogen-bond donors (Lipinski definition) is 1. The van der Waals surface area contributed by atoms with Crippen LogP contribution in [-0.4, -0.2) is 11.1 Å². The fourth-order valence-corrected chi connectivity index (χ4v) is 1.53. The maximum atomic E-state index is 10.8. The number of carboxylic acid groups (broad SMARTS) is 1. The molecule has 0 aliphatic heterocycles. The lowest BCUT2D eigenvalue weighted by Crippen LogP contribution is -2.31. The first-order valence-corrected chi connectivity index (χ1v) is 4.11. The van der Waals surface area contributed by atoms with E-state index in [4.69, 9.17) is 5.11 Å². The Morgan fingerprint density at radius 3 is 2.36 bits per heavy atom. The summed E-state index contributed by atoms with van der Waals surface area (Å²) in [4.78, 5) is 10.8. The predicted molar refractivity (Wildman–Crippen MR) is 43.1 cm³/mol. The molecule has 11 heavy (non-hydrogen) atoms. The van der Waals surface area contributed by atoms with Crippen LogP contribution in [0.15, 0.2) is 0 Å². The number of carboxylic acids is 1. The van der Waals surface area contributed by atoms with Crippen LogP contribution < -0.4 is 0 Å². The molecule has 0 spiro atoms. The van der Waals surface area contributed by atoms with Gasteiger partial charge in [-0.2, -0.15) is 0 Å². The molecule has 63 valence electrons. The predicted octanol–water partition coefficient (Wildman–Crippen LogP) is 2.10. The molecule has 0 heterocycles. The summed E-state index contributed by atoms with van der Waals surface area (Å²) < 4.78 is 0. The lowest BCUT2D eigenvalue weighted by molar-refractivity contribution is -0.150. The summed E-state index contributed by atoms with van der Waals surface area (Å²) in [6.07, 6.45) is 3.50. The summed E-state index contributed by atoms with van der Waals surface area (Å²) in [6.45, 7) is 5.76. The fourth-order valence-electron chi connectivity index (χ4n) is 1.53. The van der Waals surface area contributed by atoms with Crippen LogP contribution in [-0.2, 0) is 4.79 Å². The Bertz CT molecular complexity index is 155. The minimum Gasteiger partial charge on any atom is -0.481 e. The van der Waals surface area contributed by atoms with E-state index in [1.165, 1.54) is 0 Å². The molecule has 0 saturated heterocycles. The Hall–Kier alpha value is -0.530. The molecule has 1 aliphatic rings. The molecule has 2 heteroatoms. The molecule has 1 radical (unpaired) electrons. The van der Waals surface area contributed by atoms with E-state index in [1.807, 2.05) is 6.92 Å². The van der Waals surface area contributed by atoms with Crippen molar-refractivity contribution in [3.05, 3.63) is 6.92 Å². The molecule has 1 rings (SSSR count). The van der Waals surface area contributed by atoms with Gasteiger partial charge >= 0.3 is 5.97 Å². The third-order valence-electron chi connectivity index (χ3n) is 2.73. The van der Waals surface area contributed by atoms with Gasteiger partial charge in [0, 0.05) is 0 Å². The molecule has 0 unspecified atom stereocenters. The van der Waals surface area contributed by atoms with Gasteiger partial charge in [0.15, 0.2) is 0 Å². The monoisotopic (exact) mass is 155 g/mol. The third-order valence-corrected chi connectivity index (χ3v) is 2.73. The highest BCUT2D eigenvalue weighted by Crippen LogP contribution is 2.38. The minimum atomic E-state index is -0.649. The van der Waals surface area contributed by atoms with Gasteiger partial charge in [0.05, 0.1) is 5.41 Å². The van der Waals surface area contributed by atoms with Crippen LogP contribution >= 0.6 is 0 Å². The van der Waals surface area contributed by atoms with E-state index < -0.39 is 11.4 Å². The van der Waals surface area contributed by atoms with E-state index in [1.54, 1.807) is 0 Å². The Morgan fingerprint density at radius 2 is 2.00 bits per heavy atom. The van der Waals surface area contributed by atoms with E-state index in [-0.39, 0.29) is 0 Å². The van der Waals surface area contributed by atoms with Crippen LogP contribution in [0, 0.1) is 18.3 Å². The van der Waals surface area contributed by atoms with E-state index in [0.29, 0.717) is 5.92 Å². The van der Waals surface area contributed by atoms with Gasteiger partial charge in [-0.1, -0.05) is 6.92 Å². The Balaban J connectivity index is 2.55. The van der Waals surface area contributed by atoms with Crippen molar-refractivity contribution in [2.24, 2.45) is 11.3 Å². The Kier molecular flexibility index (Phi) is 2.21. The quantitative estimate of drug-likeness (QED) is 0.629. The lowest BCUT2D eigenvalue weighted by Gasteiger charge is -2.32. The van der Waals surface area contributed by atoms with E-state index >= 15 is 0 Å². The van der Waals surface area contributed by atoms with Crippen LogP contribution in [0.1, 0.15) is 32.6 Å². The van der Waals surface area contributed by atoms with Crippen molar-refractivity contribution in [3.63, 3.8) is 0 Å². The highest BCUT2D eigenvalue weighted by molar-refractivity contribution is 5.74. The topological polar surface area (TPSA) is 37.3 Å². The maximum Gasteiger partial charge on any atom is 0.309 e. The third kappa shape index (κ3) is 1.73. The second-order valence-electron chi connectivity index (χ2n) is 3.81. The summed E-state index contributed by atoms with van der Waals surface area (Å²) in [5.41, 5.74) is -0.464. The molecule has 0 bridgehead atoms. The Morgan fingerprint density at radius 1 is 1.55 bits per heavy atom. The van der Waals surface area contributed by atoms with Gasteiger partial charge in [-0.25, -0.2) is 0 Å². The van der Waals surface area contributed by atoms with Gasteiger partial charge in [0.1, 0.15) is 0 Å². The standard InChI is InChI=1S/C9H15O2/c1-7-3-5-9(2,6-4-7)8(10)11/h7H,1,3-6H2,2H3,(H,10,11). The average Bonchev–Trinajstić information content (AvgIpc) is 1.95. The molecule has 0 aromatic rings. The smallest absolute Gasteiger partial charge is 0.309 e. The number of carbonyl (C=O) groups is 1. The molecule has 1 aliphatic carbocycles. The lowest BCUT2D eigenvalue weighted by atomic mass is 9.72. The zero-order valence-corrected chi connectivity index (χ0v) is 6.97. The normalized spacial score (nSPS) is 38.5. The molecule has 1 fully saturated rings. The summed E-state index contributed by atoms with van der Waals surface area (Å²) in [7, 11) is 0. The van der Waals surface area contributed by atoms with Gasteiger partial charge in [-0.05, 0) is 38.5 Å². The van der Waals surface area contributed by atoms with E-state index in [9.17, 15) is 4.79 Å². The van der Waals surface area contributed by atoms with Crippen LogP contribution in [0.25, 0.3) is 0 Å². The van der Waals surface area contributed by atoms with Gasteiger partial charge in [-0.3, -0.25) is 4.79 Å². The van der Waals surface area contributed by atoms with Gasteiger partial charge in [-0.15, -0.1) is 0 Å². The van der Waals surface area contributed by atoms with E-state index in [0.717, 1.165) is 25.7 Å². The highest BCUT2D eigenvalue weighted by atomic mass is 16.4. The summed E-state index contributed by atoms with van der Waals surface area (Å²) in [5.74, 6) is -0.174. The highest BCUT2D eigenvalue weighted by Gasteiger charge is 2.36. The molecule has 1 saturated carbocycles. The molecule has 0 aromatic carbocycles. The molecular weight excluding hydrogens is 140 g/mol. The molecule has 0 aromatic heterocycles. The van der Waals surface area contributed by atoms with Crippen molar-refractivity contribution in [1.29, 1.82) is 0 Å². The van der Waals surface area contributed by atoms with E-state index in [2.05, 4.69) is 6.92 Å². The summed E-state index contributed by atoms with van der Waals surface area (Å²) in [5, 5.41) is 8.86. The van der Waals surface area contributed by atoms with Crippen molar-refractivity contribution in [2.45, 2.75) is 32.6 Å². The number of rotatable bonds is 1. The molecular formula is C9H15O2. The van der Waals surface area contributed by atoms with Crippen molar-refractivity contribution in [1.82, 2.24) is 0 Å². The largest absolute Gasteiger partial charge is 0.481 e. The maximum absolute atomic E-state index is 10.8. The fraction of sp³-hybridized carbons (Fsp3) is 0.778. The number of aliphatic carboxylic acids is 1. The average molecular weight is 155 g/mol. The van der Waals surface area contributed by atoms with Crippen molar-refractivity contribution in [2.75, 3.05) is 0 Å². The van der Waals surface area contributed by atoms with Crippen molar-refractivity contribution >= 4 is 5.97 Å². The first-order chi connectivity index (χ1) is 5.04. The zero-order chi connectivity index (χ0) is 8.48. The SMILES string of the molecule is [CH2]C1CCC(C)(C(=O)O)CC1. The molecule has 0 atom stereocenters. The zero-order valence-electron chi connectivity index (χ0n) is 6.97.